The predicted octanol–water partition coefficient (Wildman–Crippen LogP) is 0.146. The van der Waals surface area contributed by atoms with E-state index in [-0.39, 0.29) is 17.7 Å². The second-order valence-corrected chi connectivity index (χ2v) is 5.86. The van der Waals surface area contributed by atoms with Crippen LogP contribution in [0.2, 0.25) is 0 Å². The number of benzene rings is 1. The first kappa shape index (κ1) is 15.6. The number of carbonyl (C=O) groups excluding carboxylic acids is 3. The standard InChI is InChI=1S/C16H20N4O3/c1-19-15(22)12-4-3-11(9-13(12)16(19)23)18-14(21)10-20-7-2-5-17-6-8-20/h3-4,9,17H,2,5-8,10H2,1H3,(H,18,21). The Hall–Kier alpha value is -2.25. The molecule has 0 aromatic heterocycles. The Bertz CT molecular complexity index is 651. The Labute approximate surface area is 134 Å². The number of carbonyl (C=O) groups is 3. The molecule has 0 radical (unpaired) electrons. The van der Waals surface area contributed by atoms with Crippen molar-refractivity contribution in [1.29, 1.82) is 0 Å². The first-order valence-electron chi connectivity index (χ1n) is 7.75. The van der Waals surface area contributed by atoms with Crippen LogP contribution in [0.15, 0.2) is 18.2 Å². The smallest absolute Gasteiger partial charge is 0.261 e. The third kappa shape index (κ3) is 3.25. The zero-order valence-corrected chi connectivity index (χ0v) is 13.1. The third-order valence-electron chi connectivity index (χ3n) is 4.17. The summed E-state index contributed by atoms with van der Waals surface area (Å²) in [6.45, 7) is 3.92. The number of nitrogens with one attached hydrogen (secondary N) is 2. The van der Waals surface area contributed by atoms with Crippen molar-refractivity contribution in [3.8, 4) is 0 Å². The van der Waals surface area contributed by atoms with E-state index in [1.54, 1.807) is 18.2 Å². The van der Waals surface area contributed by atoms with Gasteiger partial charge in [-0.25, -0.2) is 0 Å². The average Bonchev–Trinajstić information content (AvgIpc) is 2.74. The molecular formula is C16H20N4O3. The van der Waals surface area contributed by atoms with Gasteiger partial charge in [0.25, 0.3) is 11.8 Å². The summed E-state index contributed by atoms with van der Waals surface area (Å²) in [5.74, 6) is -0.753. The quantitative estimate of drug-likeness (QED) is 0.776. The molecule has 0 spiro atoms. The number of amides is 3. The SMILES string of the molecule is CN1C(=O)c2ccc(NC(=O)CN3CCCNCC3)cc2C1=O. The van der Waals surface area contributed by atoms with Crippen LogP contribution in [0.5, 0.6) is 0 Å². The molecule has 3 rings (SSSR count). The van der Waals surface area contributed by atoms with Crippen LogP contribution in [-0.2, 0) is 4.79 Å². The molecule has 2 aliphatic rings. The molecule has 7 nitrogen and oxygen atoms in total. The van der Waals surface area contributed by atoms with Gasteiger partial charge in [-0.15, -0.1) is 0 Å². The van der Waals surface area contributed by atoms with Gasteiger partial charge in [0.2, 0.25) is 5.91 Å². The van der Waals surface area contributed by atoms with Crippen LogP contribution in [0, 0.1) is 0 Å². The van der Waals surface area contributed by atoms with Gasteiger partial charge in [-0.2, -0.15) is 0 Å². The zero-order chi connectivity index (χ0) is 16.4. The van der Waals surface area contributed by atoms with E-state index in [0.717, 1.165) is 37.5 Å². The van der Waals surface area contributed by atoms with Crippen LogP contribution in [0.25, 0.3) is 0 Å². The van der Waals surface area contributed by atoms with Crippen LogP contribution >= 0.6 is 0 Å². The van der Waals surface area contributed by atoms with Crippen molar-refractivity contribution in [3.05, 3.63) is 29.3 Å². The molecule has 2 N–H and O–H groups in total. The van der Waals surface area contributed by atoms with Crippen LogP contribution in [0.1, 0.15) is 27.1 Å². The Morgan fingerprint density at radius 1 is 1.17 bits per heavy atom. The number of hydrogen-bond acceptors (Lipinski definition) is 5. The van der Waals surface area contributed by atoms with Crippen molar-refractivity contribution in [3.63, 3.8) is 0 Å². The first-order chi connectivity index (χ1) is 11.1. The van der Waals surface area contributed by atoms with Crippen molar-refractivity contribution in [1.82, 2.24) is 15.1 Å². The van der Waals surface area contributed by atoms with Gasteiger partial charge in [-0.1, -0.05) is 0 Å². The van der Waals surface area contributed by atoms with Crippen molar-refractivity contribution in [2.75, 3.05) is 45.1 Å². The first-order valence-corrected chi connectivity index (χ1v) is 7.75. The summed E-state index contributed by atoms with van der Waals surface area (Å²) < 4.78 is 0. The maximum absolute atomic E-state index is 12.2. The van der Waals surface area contributed by atoms with Crippen molar-refractivity contribution in [2.24, 2.45) is 0 Å². The molecule has 1 aromatic carbocycles. The third-order valence-corrected chi connectivity index (χ3v) is 4.17. The number of nitrogens with zero attached hydrogens (tertiary/aromatic N) is 2. The van der Waals surface area contributed by atoms with Gasteiger partial charge in [0.1, 0.15) is 0 Å². The summed E-state index contributed by atoms with van der Waals surface area (Å²) in [7, 11) is 1.45. The maximum Gasteiger partial charge on any atom is 0.261 e. The predicted molar refractivity (Wildman–Crippen MR) is 85.4 cm³/mol. The number of hydrogen-bond donors (Lipinski definition) is 2. The summed E-state index contributed by atoms with van der Waals surface area (Å²) in [6, 6.07) is 4.82. The average molecular weight is 316 g/mol. The van der Waals surface area contributed by atoms with Gasteiger partial charge < -0.3 is 10.6 Å². The van der Waals surface area contributed by atoms with E-state index in [2.05, 4.69) is 15.5 Å². The molecule has 0 atom stereocenters. The minimum absolute atomic E-state index is 0.114. The normalized spacial score (nSPS) is 18.7. The molecule has 1 aromatic rings. The van der Waals surface area contributed by atoms with E-state index in [1.807, 2.05) is 0 Å². The highest BCUT2D eigenvalue weighted by Gasteiger charge is 2.32. The van der Waals surface area contributed by atoms with Crippen LogP contribution in [0.3, 0.4) is 0 Å². The molecular weight excluding hydrogens is 296 g/mol. The molecule has 1 saturated heterocycles. The van der Waals surface area contributed by atoms with Crippen molar-refractivity contribution in [2.45, 2.75) is 6.42 Å². The Balaban J connectivity index is 1.66. The van der Waals surface area contributed by atoms with Gasteiger partial charge in [-0.3, -0.25) is 24.2 Å². The van der Waals surface area contributed by atoms with Gasteiger partial charge in [0.05, 0.1) is 17.7 Å². The van der Waals surface area contributed by atoms with E-state index in [4.69, 9.17) is 0 Å². The fourth-order valence-electron chi connectivity index (χ4n) is 2.90. The molecule has 2 aliphatic heterocycles. The molecule has 7 heteroatoms. The molecule has 0 unspecified atom stereocenters. The van der Waals surface area contributed by atoms with Crippen LogP contribution < -0.4 is 10.6 Å². The van der Waals surface area contributed by atoms with E-state index < -0.39 is 0 Å². The second kappa shape index (κ2) is 6.47. The van der Waals surface area contributed by atoms with Gasteiger partial charge in [-0.05, 0) is 37.7 Å². The summed E-state index contributed by atoms with van der Waals surface area (Å²) in [6.07, 6.45) is 1.02. The molecule has 0 bridgehead atoms. The van der Waals surface area contributed by atoms with E-state index >= 15 is 0 Å². The monoisotopic (exact) mass is 316 g/mol. The molecule has 0 saturated carbocycles. The van der Waals surface area contributed by atoms with E-state index in [0.29, 0.717) is 23.4 Å². The van der Waals surface area contributed by atoms with Gasteiger partial charge >= 0.3 is 0 Å². The largest absolute Gasteiger partial charge is 0.325 e. The van der Waals surface area contributed by atoms with Crippen LogP contribution in [0.4, 0.5) is 5.69 Å². The summed E-state index contributed by atoms with van der Waals surface area (Å²) in [5.41, 5.74) is 1.27. The molecule has 0 aliphatic carbocycles. The maximum atomic E-state index is 12.2. The van der Waals surface area contributed by atoms with E-state index in [9.17, 15) is 14.4 Å². The highest BCUT2D eigenvalue weighted by molar-refractivity contribution is 6.21. The molecule has 2 heterocycles. The van der Waals surface area contributed by atoms with E-state index in [1.165, 1.54) is 7.05 Å². The van der Waals surface area contributed by atoms with Gasteiger partial charge in [0, 0.05) is 25.8 Å². The van der Waals surface area contributed by atoms with Crippen LogP contribution in [-0.4, -0.2) is 67.3 Å². The number of fused-ring (bicyclic) bond motifs is 1. The minimum atomic E-state index is -0.334. The fraction of sp³-hybridized carbons (Fsp3) is 0.438. The fourth-order valence-corrected chi connectivity index (χ4v) is 2.90. The van der Waals surface area contributed by atoms with Crippen molar-refractivity contribution < 1.29 is 14.4 Å². The molecule has 1 fully saturated rings. The zero-order valence-electron chi connectivity index (χ0n) is 13.1. The van der Waals surface area contributed by atoms with Gasteiger partial charge in [0.15, 0.2) is 0 Å². The Kier molecular flexibility index (Phi) is 4.40. The lowest BCUT2D eigenvalue weighted by atomic mass is 10.1. The number of imide groups is 1. The summed E-state index contributed by atoms with van der Waals surface area (Å²) >= 11 is 0. The number of anilines is 1. The molecule has 122 valence electrons. The van der Waals surface area contributed by atoms with Crippen molar-refractivity contribution >= 4 is 23.4 Å². The second-order valence-electron chi connectivity index (χ2n) is 5.86. The highest BCUT2D eigenvalue weighted by Crippen LogP contribution is 2.24. The Morgan fingerprint density at radius 2 is 1.96 bits per heavy atom. The Morgan fingerprint density at radius 3 is 2.78 bits per heavy atom. The lowest BCUT2D eigenvalue weighted by Crippen LogP contribution is -2.35. The topological polar surface area (TPSA) is 81.8 Å². The summed E-state index contributed by atoms with van der Waals surface area (Å²) in [4.78, 5) is 39.2. The molecule has 23 heavy (non-hydrogen) atoms. The summed E-state index contributed by atoms with van der Waals surface area (Å²) in [5, 5.41) is 6.10. The minimum Gasteiger partial charge on any atom is -0.325 e. The lowest BCUT2D eigenvalue weighted by Gasteiger charge is -2.18. The number of rotatable bonds is 3. The highest BCUT2D eigenvalue weighted by atomic mass is 16.2. The lowest BCUT2D eigenvalue weighted by molar-refractivity contribution is -0.117. The molecule has 3 amide bonds.